The SMILES string of the molecule is CCCN(CCBr)C(=O)c1ccccc1C. The van der Waals surface area contributed by atoms with E-state index in [1.807, 2.05) is 36.1 Å². The van der Waals surface area contributed by atoms with E-state index in [0.29, 0.717) is 0 Å². The summed E-state index contributed by atoms with van der Waals surface area (Å²) in [6.45, 7) is 5.65. The van der Waals surface area contributed by atoms with Crippen LogP contribution in [-0.4, -0.2) is 29.2 Å². The Hall–Kier alpha value is -0.830. The summed E-state index contributed by atoms with van der Waals surface area (Å²) in [7, 11) is 0. The molecule has 0 saturated heterocycles. The van der Waals surface area contributed by atoms with Gasteiger partial charge in [0.05, 0.1) is 0 Å². The number of alkyl halides is 1. The molecule has 88 valence electrons. The molecule has 0 fully saturated rings. The fraction of sp³-hybridized carbons (Fsp3) is 0.462. The van der Waals surface area contributed by atoms with Crippen LogP contribution in [-0.2, 0) is 0 Å². The first-order chi connectivity index (χ1) is 7.70. The Morgan fingerprint density at radius 3 is 2.56 bits per heavy atom. The summed E-state index contributed by atoms with van der Waals surface area (Å²) >= 11 is 3.39. The maximum atomic E-state index is 12.3. The average molecular weight is 284 g/mol. The molecule has 1 amide bonds. The molecule has 0 aliphatic rings. The van der Waals surface area contributed by atoms with Crippen molar-refractivity contribution in [2.45, 2.75) is 20.3 Å². The van der Waals surface area contributed by atoms with Crippen LogP contribution in [0.2, 0.25) is 0 Å². The quantitative estimate of drug-likeness (QED) is 0.760. The topological polar surface area (TPSA) is 20.3 Å². The van der Waals surface area contributed by atoms with Gasteiger partial charge in [0.1, 0.15) is 0 Å². The molecule has 1 aromatic carbocycles. The largest absolute Gasteiger partial charge is 0.338 e. The molecular weight excluding hydrogens is 266 g/mol. The first kappa shape index (κ1) is 13.2. The fourth-order valence-electron chi connectivity index (χ4n) is 1.67. The number of amides is 1. The van der Waals surface area contributed by atoms with Gasteiger partial charge in [0.25, 0.3) is 5.91 Å². The van der Waals surface area contributed by atoms with E-state index in [1.165, 1.54) is 0 Å². The van der Waals surface area contributed by atoms with Crippen LogP contribution in [0.15, 0.2) is 24.3 Å². The van der Waals surface area contributed by atoms with Gasteiger partial charge < -0.3 is 4.90 Å². The smallest absolute Gasteiger partial charge is 0.254 e. The van der Waals surface area contributed by atoms with Gasteiger partial charge in [0.2, 0.25) is 0 Å². The third kappa shape index (κ3) is 3.34. The molecule has 0 N–H and O–H groups in total. The van der Waals surface area contributed by atoms with Gasteiger partial charge in [-0.25, -0.2) is 0 Å². The van der Waals surface area contributed by atoms with E-state index in [0.717, 1.165) is 36.0 Å². The molecule has 0 saturated carbocycles. The van der Waals surface area contributed by atoms with Crippen molar-refractivity contribution in [2.75, 3.05) is 18.4 Å². The lowest BCUT2D eigenvalue weighted by Gasteiger charge is -2.21. The summed E-state index contributed by atoms with van der Waals surface area (Å²) in [6.07, 6.45) is 0.991. The summed E-state index contributed by atoms with van der Waals surface area (Å²) in [4.78, 5) is 14.2. The number of rotatable bonds is 5. The van der Waals surface area contributed by atoms with Crippen molar-refractivity contribution in [1.29, 1.82) is 0 Å². The van der Waals surface area contributed by atoms with Crippen molar-refractivity contribution in [3.63, 3.8) is 0 Å². The van der Waals surface area contributed by atoms with Gasteiger partial charge in [-0.05, 0) is 25.0 Å². The molecule has 0 aliphatic carbocycles. The van der Waals surface area contributed by atoms with Crippen molar-refractivity contribution in [1.82, 2.24) is 4.90 Å². The second-order valence-electron chi connectivity index (χ2n) is 3.80. The van der Waals surface area contributed by atoms with Gasteiger partial charge in [-0.2, -0.15) is 0 Å². The first-order valence-electron chi connectivity index (χ1n) is 5.61. The highest BCUT2D eigenvalue weighted by Gasteiger charge is 2.15. The molecular formula is C13H18BrNO. The molecule has 3 heteroatoms. The average Bonchev–Trinajstić information content (AvgIpc) is 2.28. The second kappa shape index (κ2) is 6.69. The van der Waals surface area contributed by atoms with E-state index in [9.17, 15) is 4.79 Å². The Bertz CT molecular complexity index is 346. The number of carbonyl (C=O) groups is 1. The van der Waals surface area contributed by atoms with Crippen molar-refractivity contribution < 1.29 is 4.79 Å². The maximum absolute atomic E-state index is 12.3. The Kier molecular flexibility index (Phi) is 5.53. The molecule has 0 heterocycles. The van der Waals surface area contributed by atoms with Crippen molar-refractivity contribution in [3.8, 4) is 0 Å². The lowest BCUT2D eigenvalue weighted by atomic mass is 10.1. The van der Waals surface area contributed by atoms with Crippen LogP contribution >= 0.6 is 15.9 Å². The van der Waals surface area contributed by atoms with Gasteiger partial charge in [0.15, 0.2) is 0 Å². The Morgan fingerprint density at radius 1 is 1.31 bits per heavy atom. The van der Waals surface area contributed by atoms with Crippen LogP contribution in [0.3, 0.4) is 0 Å². The van der Waals surface area contributed by atoms with E-state index < -0.39 is 0 Å². The van der Waals surface area contributed by atoms with E-state index in [1.54, 1.807) is 0 Å². The zero-order chi connectivity index (χ0) is 12.0. The summed E-state index contributed by atoms with van der Waals surface area (Å²) in [5.74, 6) is 0.138. The molecule has 0 atom stereocenters. The third-order valence-corrected chi connectivity index (χ3v) is 2.87. The van der Waals surface area contributed by atoms with Crippen LogP contribution in [0.4, 0.5) is 0 Å². The van der Waals surface area contributed by atoms with E-state index >= 15 is 0 Å². The van der Waals surface area contributed by atoms with Crippen molar-refractivity contribution in [3.05, 3.63) is 35.4 Å². The highest BCUT2D eigenvalue weighted by atomic mass is 79.9. The van der Waals surface area contributed by atoms with Gasteiger partial charge in [-0.3, -0.25) is 4.79 Å². The predicted molar refractivity (Wildman–Crippen MR) is 71.2 cm³/mol. The Balaban J connectivity index is 2.85. The molecule has 0 aromatic heterocycles. The number of carbonyl (C=O) groups excluding carboxylic acids is 1. The summed E-state index contributed by atoms with van der Waals surface area (Å²) in [5, 5.41) is 0.824. The van der Waals surface area contributed by atoms with E-state index in [2.05, 4.69) is 22.9 Å². The summed E-state index contributed by atoms with van der Waals surface area (Å²) in [5.41, 5.74) is 1.86. The van der Waals surface area contributed by atoms with Crippen molar-refractivity contribution in [2.24, 2.45) is 0 Å². The predicted octanol–water partition coefficient (Wildman–Crippen LogP) is 3.24. The normalized spacial score (nSPS) is 10.2. The minimum Gasteiger partial charge on any atom is -0.338 e. The molecule has 16 heavy (non-hydrogen) atoms. The minimum atomic E-state index is 0.138. The minimum absolute atomic E-state index is 0.138. The maximum Gasteiger partial charge on any atom is 0.254 e. The van der Waals surface area contributed by atoms with Gasteiger partial charge >= 0.3 is 0 Å². The zero-order valence-corrected chi connectivity index (χ0v) is 11.5. The van der Waals surface area contributed by atoms with Gasteiger partial charge in [-0.1, -0.05) is 41.1 Å². The number of hydrogen-bond donors (Lipinski definition) is 0. The standard InChI is InChI=1S/C13H18BrNO/c1-3-9-15(10-8-14)13(16)12-7-5-4-6-11(12)2/h4-7H,3,8-10H2,1-2H3. The highest BCUT2D eigenvalue weighted by Crippen LogP contribution is 2.11. The van der Waals surface area contributed by atoms with Gasteiger partial charge in [-0.15, -0.1) is 0 Å². The Morgan fingerprint density at radius 2 is 2.00 bits per heavy atom. The Labute approximate surface area is 106 Å². The fourth-order valence-corrected chi connectivity index (χ4v) is 2.10. The molecule has 0 unspecified atom stereocenters. The zero-order valence-electron chi connectivity index (χ0n) is 9.87. The molecule has 2 nitrogen and oxygen atoms in total. The van der Waals surface area contributed by atoms with Crippen LogP contribution in [0.1, 0.15) is 29.3 Å². The van der Waals surface area contributed by atoms with E-state index in [-0.39, 0.29) is 5.91 Å². The number of nitrogens with zero attached hydrogens (tertiary/aromatic N) is 1. The molecule has 1 rings (SSSR count). The van der Waals surface area contributed by atoms with E-state index in [4.69, 9.17) is 0 Å². The number of halogens is 1. The van der Waals surface area contributed by atoms with Crippen molar-refractivity contribution >= 4 is 21.8 Å². The number of benzene rings is 1. The molecule has 0 radical (unpaired) electrons. The third-order valence-electron chi connectivity index (χ3n) is 2.51. The van der Waals surface area contributed by atoms with Crippen LogP contribution in [0, 0.1) is 6.92 Å². The highest BCUT2D eigenvalue weighted by molar-refractivity contribution is 9.09. The van der Waals surface area contributed by atoms with Crippen LogP contribution in [0.25, 0.3) is 0 Å². The van der Waals surface area contributed by atoms with Gasteiger partial charge in [0, 0.05) is 24.0 Å². The van der Waals surface area contributed by atoms with Crippen LogP contribution in [0.5, 0.6) is 0 Å². The second-order valence-corrected chi connectivity index (χ2v) is 4.59. The number of aryl methyl sites for hydroxylation is 1. The lowest BCUT2D eigenvalue weighted by Crippen LogP contribution is -2.33. The molecule has 0 spiro atoms. The monoisotopic (exact) mass is 283 g/mol. The molecule has 1 aromatic rings. The number of hydrogen-bond acceptors (Lipinski definition) is 1. The lowest BCUT2D eigenvalue weighted by molar-refractivity contribution is 0.0766. The summed E-state index contributed by atoms with van der Waals surface area (Å²) < 4.78 is 0. The molecule has 0 bridgehead atoms. The summed E-state index contributed by atoms with van der Waals surface area (Å²) in [6, 6.07) is 7.75. The molecule has 0 aliphatic heterocycles. The van der Waals surface area contributed by atoms with Crippen LogP contribution < -0.4 is 0 Å². The first-order valence-corrected chi connectivity index (χ1v) is 6.73.